The summed E-state index contributed by atoms with van der Waals surface area (Å²) >= 11 is 0. The topological polar surface area (TPSA) is 31.4 Å². The molecule has 1 aliphatic rings. The molecule has 2 unspecified atom stereocenters. The first-order valence-electron chi connectivity index (χ1n) is 8.22. The highest BCUT2D eigenvalue weighted by atomic mass is 15.2. The van der Waals surface area contributed by atoms with Gasteiger partial charge in [-0.15, -0.1) is 0 Å². The van der Waals surface area contributed by atoms with E-state index in [9.17, 15) is 0 Å². The van der Waals surface area contributed by atoms with Crippen molar-refractivity contribution in [2.24, 2.45) is 0 Å². The summed E-state index contributed by atoms with van der Waals surface area (Å²) in [7, 11) is 4.39. The van der Waals surface area contributed by atoms with Crippen molar-refractivity contribution in [3.8, 4) is 0 Å². The Balaban J connectivity index is 2.05. The molecule has 4 nitrogen and oxygen atoms in total. The van der Waals surface area contributed by atoms with Crippen LogP contribution in [0.15, 0.2) is 18.3 Å². The molecule has 1 aromatic rings. The lowest BCUT2D eigenvalue weighted by Crippen LogP contribution is -2.45. The number of hydrogen-bond donors (Lipinski definition) is 1. The molecule has 2 atom stereocenters. The molecule has 1 fully saturated rings. The Labute approximate surface area is 129 Å². The number of piperidine rings is 1. The smallest absolute Gasteiger partial charge is 0.128 e. The van der Waals surface area contributed by atoms with Gasteiger partial charge >= 0.3 is 0 Å². The van der Waals surface area contributed by atoms with Crippen molar-refractivity contribution in [1.82, 2.24) is 15.2 Å². The third kappa shape index (κ3) is 4.42. The number of likely N-dealkylation sites (tertiary alicyclic amines) is 1. The molecule has 1 aromatic heterocycles. The van der Waals surface area contributed by atoms with E-state index in [0.717, 1.165) is 25.3 Å². The number of anilines is 1. The summed E-state index contributed by atoms with van der Waals surface area (Å²) in [6.07, 6.45) is 5.64. The summed E-state index contributed by atoms with van der Waals surface area (Å²) < 4.78 is 0. The van der Waals surface area contributed by atoms with Gasteiger partial charge in [0.1, 0.15) is 5.82 Å². The quantitative estimate of drug-likeness (QED) is 0.873. The molecule has 0 bridgehead atoms. The molecule has 0 amide bonds. The molecule has 118 valence electrons. The van der Waals surface area contributed by atoms with Crippen molar-refractivity contribution in [2.75, 3.05) is 38.6 Å². The number of rotatable bonds is 6. The van der Waals surface area contributed by atoms with Crippen molar-refractivity contribution in [3.05, 3.63) is 23.9 Å². The summed E-state index contributed by atoms with van der Waals surface area (Å²) in [6.45, 7) is 7.83. The largest absolute Gasteiger partial charge is 0.355 e. The van der Waals surface area contributed by atoms with Gasteiger partial charge < -0.3 is 15.1 Å². The number of pyridine rings is 1. The normalized spacial score (nSPS) is 21.2. The van der Waals surface area contributed by atoms with Gasteiger partial charge in [-0.2, -0.15) is 0 Å². The van der Waals surface area contributed by atoms with Gasteiger partial charge in [-0.05, 0) is 64.0 Å². The molecule has 0 spiro atoms. The Kier molecular flexibility index (Phi) is 6.00. The van der Waals surface area contributed by atoms with Crippen molar-refractivity contribution >= 4 is 5.82 Å². The van der Waals surface area contributed by atoms with Crippen LogP contribution in [0.1, 0.15) is 44.7 Å². The Bertz CT molecular complexity index is 435. The van der Waals surface area contributed by atoms with Crippen LogP contribution in [0.5, 0.6) is 0 Å². The third-order valence-corrected chi connectivity index (χ3v) is 4.48. The minimum atomic E-state index is 0.383. The van der Waals surface area contributed by atoms with Crippen LogP contribution >= 0.6 is 0 Å². The molecular formula is C17H30N4. The predicted octanol–water partition coefficient (Wildman–Crippen LogP) is 2.67. The predicted molar refractivity (Wildman–Crippen MR) is 89.9 cm³/mol. The summed E-state index contributed by atoms with van der Waals surface area (Å²) in [6, 6.07) is 5.32. The molecule has 2 rings (SSSR count). The summed E-state index contributed by atoms with van der Waals surface area (Å²) in [5, 5.41) is 3.55. The van der Waals surface area contributed by atoms with Crippen LogP contribution in [-0.4, -0.2) is 49.7 Å². The highest BCUT2D eigenvalue weighted by molar-refractivity contribution is 5.42. The molecule has 1 aliphatic heterocycles. The maximum absolute atomic E-state index is 4.58. The van der Waals surface area contributed by atoms with Gasteiger partial charge in [-0.3, -0.25) is 0 Å². The molecule has 0 aromatic carbocycles. The lowest BCUT2D eigenvalue weighted by molar-refractivity contribution is 0.247. The number of nitrogens with one attached hydrogen (secondary N) is 1. The van der Waals surface area contributed by atoms with Gasteiger partial charge in [0, 0.05) is 31.9 Å². The van der Waals surface area contributed by atoms with Crippen LogP contribution in [-0.2, 0) is 0 Å². The van der Waals surface area contributed by atoms with Crippen LogP contribution in [0.25, 0.3) is 0 Å². The number of hydrogen-bond acceptors (Lipinski definition) is 4. The zero-order valence-corrected chi connectivity index (χ0v) is 14.0. The number of aromatic nitrogens is 1. The monoisotopic (exact) mass is 290 g/mol. The van der Waals surface area contributed by atoms with Gasteiger partial charge in [0.2, 0.25) is 0 Å². The Morgan fingerprint density at radius 3 is 3.05 bits per heavy atom. The van der Waals surface area contributed by atoms with Crippen LogP contribution < -0.4 is 10.2 Å². The maximum atomic E-state index is 4.58. The summed E-state index contributed by atoms with van der Waals surface area (Å²) in [5.74, 6) is 1.10. The fourth-order valence-corrected chi connectivity index (χ4v) is 3.02. The fourth-order valence-electron chi connectivity index (χ4n) is 3.02. The van der Waals surface area contributed by atoms with E-state index in [4.69, 9.17) is 0 Å². The van der Waals surface area contributed by atoms with E-state index in [1.54, 1.807) is 0 Å². The standard InChI is InChI=1S/C17H30N4/c1-5-9-18-14(2)15-8-10-19-17(12-15)21(4)16-7-6-11-20(3)13-16/h8,10,12,14,16,18H,5-7,9,11,13H2,1-4H3. The first-order chi connectivity index (χ1) is 10.1. The summed E-state index contributed by atoms with van der Waals surface area (Å²) in [5.41, 5.74) is 1.32. The van der Waals surface area contributed by atoms with E-state index in [-0.39, 0.29) is 0 Å². The SMILES string of the molecule is CCCNC(C)c1ccnc(N(C)C2CCCN(C)C2)c1. The Hall–Kier alpha value is -1.13. The highest BCUT2D eigenvalue weighted by Crippen LogP contribution is 2.22. The minimum Gasteiger partial charge on any atom is -0.355 e. The van der Waals surface area contributed by atoms with Gasteiger partial charge in [0.15, 0.2) is 0 Å². The van der Waals surface area contributed by atoms with Gasteiger partial charge in [0.25, 0.3) is 0 Å². The second-order valence-electron chi connectivity index (χ2n) is 6.29. The average Bonchev–Trinajstić information content (AvgIpc) is 2.52. The molecule has 0 saturated carbocycles. The second-order valence-corrected chi connectivity index (χ2v) is 6.29. The van der Waals surface area contributed by atoms with Crippen molar-refractivity contribution in [2.45, 2.75) is 45.2 Å². The minimum absolute atomic E-state index is 0.383. The number of nitrogens with zero attached hydrogens (tertiary/aromatic N) is 3. The maximum Gasteiger partial charge on any atom is 0.128 e. The number of likely N-dealkylation sites (N-methyl/N-ethyl adjacent to an activating group) is 2. The fraction of sp³-hybridized carbons (Fsp3) is 0.706. The van der Waals surface area contributed by atoms with Gasteiger partial charge in [-0.1, -0.05) is 6.92 Å². The van der Waals surface area contributed by atoms with Crippen LogP contribution in [0.3, 0.4) is 0 Å². The molecule has 2 heterocycles. The van der Waals surface area contributed by atoms with E-state index in [1.165, 1.54) is 24.9 Å². The average molecular weight is 290 g/mol. The molecule has 1 N–H and O–H groups in total. The van der Waals surface area contributed by atoms with Crippen LogP contribution in [0, 0.1) is 0 Å². The van der Waals surface area contributed by atoms with Crippen molar-refractivity contribution in [1.29, 1.82) is 0 Å². The Morgan fingerprint density at radius 2 is 2.33 bits per heavy atom. The van der Waals surface area contributed by atoms with E-state index < -0.39 is 0 Å². The van der Waals surface area contributed by atoms with E-state index >= 15 is 0 Å². The lowest BCUT2D eigenvalue weighted by atomic mass is 10.0. The lowest BCUT2D eigenvalue weighted by Gasteiger charge is -2.36. The van der Waals surface area contributed by atoms with E-state index in [0.29, 0.717) is 12.1 Å². The van der Waals surface area contributed by atoms with Gasteiger partial charge in [0.05, 0.1) is 0 Å². The zero-order valence-electron chi connectivity index (χ0n) is 14.0. The van der Waals surface area contributed by atoms with Crippen LogP contribution in [0.4, 0.5) is 5.82 Å². The second kappa shape index (κ2) is 7.76. The van der Waals surface area contributed by atoms with Crippen molar-refractivity contribution in [3.63, 3.8) is 0 Å². The van der Waals surface area contributed by atoms with E-state index in [2.05, 4.69) is 60.2 Å². The summed E-state index contributed by atoms with van der Waals surface area (Å²) in [4.78, 5) is 9.35. The molecule has 4 heteroatoms. The first-order valence-corrected chi connectivity index (χ1v) is 8.22. The Morgan fingerprint density at radius 1 is 1.52 bits per heavy atom. The third-order valence-electron chi connectivity index (χ3n) is 4.48. The molecule has 0 aliphatic carbocycles. The molecular weight excluding hydrogens is 260 g/mol. The molecule has 1 saturated heterocycles. The first kappa shape index (κ1) is 16.2. The highest BCUT2D eigenvalue weighted by Gasteiger charge is 2.22. The van der Waals surface area contributed by atoms with Crippen molar-refractivity contribution < 1.29 is 0 Å². The molecule has 0 radical (unpaired) electrons. The zero-order chi connectivity index (χ0) is 15.2. The van der Waals surface area contributed by atoms with Gasteiger partial charge in [-0.25, -0.2) is 4.98 Å². The molecule has 21 heavy (non-hydrogen) atoms. The van der Waals surface area contributed by atoms with E-state index in [1.807, 2.05) is 6.20 Å². The van der Waals surface area contributed by atoms with Crippen LogP contribution in [0.2, 0.25) is 0 Å².